The van der Waals surface area contributed by atoms with E-state index in [4.69, 9.17) is 0 Å². The third-order valence-electron chi connectivity index (χ3n) is 3.03. The second kappa shape index (κ2) is 4.42. The number of hydrogen-bond donors (Lipinski definition) is 1. The maximum absolute atomic E-state index is 13.9. The molecule has 100 valence electrons. The molecular weight excluding hydrogens is 284 g/mol. The summed E-state index contributed by atoms with van der Waals surface area (Å²) in [7, 11) is 0. The van der Waals surface area contributed by atoms with Gasteiger partial charge < -0.3 is 0 Å². The molecule has 1 heterocycles. The molecule has 2 aromatic rings. The van der Waals surface area contributed by atoms with Gasteiger partial charge in [0.1, 0.15) is 11.5 Å². The number of halogens is 2. The van der Waals surface area contributed by atoms with E-state index in [9.17, 15) is 18.4 Å². The van der Waals surface area contributed by atoms with E-state index in [0.29, 0.717) is 11.0 Å². The van der Waals surface area contributed by atoms with E-state index in [1.165, 1.54) is 12.1 Å². The molecule has 0 saturated carbocycles. The summed E-state index contributed by atoms with van der Waals surface area (Å²) in [5, 5.41) is 0. The molecule has 0 aromatic heterocycles. The van der Waals surface area contributed by atoms with Gasteiger partial charge in [0.2, 0.25) is 0 Å². The highest BCUT2D eigenvalue weighted by atomic mass is 32.1. The predicted molar refractivity (Wildman–Crippen MR) is 71.2 cm³/mol. The van der Waals surface area contributed by atoms with E-state index in [-0.39, 0.29) is 21.7 Å². The summed E-state index contributed by atoms with van der Waals surface area (Å²) in [4.78, 5) is 25.0. The molecule has 0 saturated heterocycles. The van der Waals surface area contributed by atoms with Crippen molar-refractivity contribution in [3.05, 3.63) is 59.2 Å². The number of anilines is 1. The fourth-order valence-electron chi connectivity index (χ4n) is 2.17. The van der Waals surface area contributed by atoms with Crippen molar-refractivity contribution in [1.29, 1.82) is 0 Å². The lowest BCUT2D eigenvalue weighted by molar-refractivity contribution is 0.0924. The van der Waals surface area contributed by atoms with Crippen molar-refractivity contribution in [3.63, 3.8) is 0 Å². The normalized spacial score (nSPS) is 13.8. The van der Waals surface area contributed by atoms with E-state index in [2.05, 4.69) is 12.6 Å². The van der Waals surface area contributed by atoms with Crippen molar-refractivity contribution in [2.45, 2.75) is 4.90 Å². The minimum Gasteiger partial charge on any atom is -0.268 e. The van der Waals surface area contributed by atoms with Crippen LogP contribution in [0.1, 0.15) is 20.7 Å². The van der Waals surface area contributed by atoms with Crippen LogP contribution in [0, 0.1) is 11.6 Å². The smallest absolute Gasteiger partial charge is 0.266 e. The molecule has 2 aromatic carbocycles. The van der Waals surface area contributed by atoms with Gasteiger partial charge in [-0.25, -0.2) is 13.7 Å². The van der Waals surface area contributed by atoms with Crippen molar-refractivity contribution in [2.24, 2.45) is 0 Å². The Bertz CT molecular complexity index is 703. The molecule has 20 heavy (non-hydrogen) atoms. The van der Waals surface area contributed by atoms with Gasteiger partial charge in [0.05, 0.1) is 11.1 Å². The summed E-state index contributed by atoms with van der Waals surface area (Å²) in [5.41, 5.74) is 0.0452. The van der Waals surface area contributed by atoms with E-state index in [1.54, 1.807) is 12.1 Å². The number of thiol groups is 1. The Balaban J connectivity index is 2.19. The number of rotatable bonds is 1. The molecule has 0 atom stereocenters. The second-order valence-corrected chi connectivity index (χ2v) is 4.73. The second-order valence-electron chi connectivity index (χ2n) is 4.25. The Kier molecular flexibility index (Phi) is 2.83. The molecule has 0 bridgehead atoms. The van der Waals surface area contributed by atoms with E-state index in [1.807, 2.05) is 0 Å². The number of hydrogen-bond acceptors (Lipinski definition) is 3. The van der Waals surface area contributed by atoms with Gasteiger partial charge in [-0.15, -0.1) is 12.6 Å². The zero-order valence-corrected chi connectivity index (χ0v) is 10.8. The standard InChI is InChI=1S/C14H7F2NO2S/c15-7-5-10(16)12(11(20)6-7)17-13(18)8-3-1-2-4-9(8)14(17)19/h1-6,20H. The molecule has 0 unspecified atom stereocenters. The molecule has 0 spiro atoms. The predicted octanol–water partition coefficient (Wildman–Crippen LogP) is 3.05. The van der Waals surface area contributed by atoms with Crippen LogP contribution >= 0.6 is 12.6 Å². The maximum Gasteiger partial charge on any atom is 0.266 e. The number of imide groups is 1. The average molecular weight is 291 g/mol. The summed E-state index contributed by atoms with van der Waals surface area (Å²) in [6.45, 7) is 0. The Hall–Kier alpha value is -2.21. The van der Waals surface area contributed by atoms with Gasteiger partial charge in [-0.3, -0.25) is 9.59 Å². The molecule has 6 heteroatoms. The highest BCUT2D eigenvalue weighted by Gasteiger charge is 2.38. The van der Waals surface area contributed by atoms with Crippen LogP contribution in [0.5, 0.6) is 0 Å². The molecular formula is C14H7F2NO2S. The van der Waals surface area contributed by atoms with Crippen LogP contribution in [0.15, 0.2) is 41.3 Å². The Morgan fingerprint density at radius 3 is 2.00 bits per heavy atom. The fraction of sp³-hybridized carbons (Fsp3) is 0. The zero-order chi connectivity index (χ0) is 14.4. The summed E-state index contributed by atoms with van der Waals surface area (Å²) in [6.07, 6.45) is 0. The highest BCUT2D eigenvalue weighted by molar-refractivity contribution is 7.80. The first kappa shape index (κ1) is 12.8. The van der Waals surface area contributed by atoms with Gasteiger partial charge in [0.25, 0.3) is 11.8 Å². The lowest BCUT2D eigenvalue weighted by Crippen LogP contribution is -2.30. The maximum atomic E-state index is 13.9. The molecule has 0 fully saturated rings. The largest absolute Gasteiger partial charge is 0.268 e. The van der Waals surface area contributed by atoms with Gasteiger partial charge in [-0.05, 0) is 18.2 Å². The summed E-state index contributed by atoms with van der Waals surface area (Å²) < 4.78 is 27.0. The van der Waals surface area contributed by atoms with Gasteiger partial charge >= 0.3 is 0 Å². The highest BCUT2D eigenvalue weighted by Crippen LogP contribution is 2.34. The number of nitrogens with zero attached hydrogens (tertiary/aromatic N) is 1. The van der Waals surface area contributed by atoms with Crippen LogP contribution in [0.3, 0.4) is 0 Å². The fourth-order valence-corrected chi connectivity index (χ4v) is 2.50. The lowest BCUT2D eigenvalue weighted by Gasteiger charge is -2.16. The first-order chi connectivity index (χ1) is 9.50. The molecule has 0 N–H and O–H groups in total. The SMILES string of the molecule is O=C1c2ccccc2C(=O)N1c1c(F)cc(F)cc1S. The van der Waals surface area contributed by atoms with E-state index in [0.717, 1.165) is 6.07 Å². The molecule has 0 aliphatic carbocycles. The van der Waals surface area contributed by atoms with Crippen LogP contribution < -0.4 is 4.90 Å². The van der Waals surface area contributed by atoms with Crippen LogP contribution in [0.25, 0.3) is 0 Å². The van der Waals surface area contributed by atoms with E-state index >= 15 is 0 Å². The summed E-state index contributed by atoms with van der Waals surface area (Å²) >= 11 is 3.95. The minimum absolute atomic E-state index is 0.114. The number of amides is 2. The van der Waals surface area contributed by atoms with Gasteiger partial charge in [0.15, 0.2) is 5.82 Å². The monoisotopic (exact) mass is 291 g/mol. The van der Waals surface area contributed by atoms with E-state index < -0.39 is 23.4 Å². The number of carbonyl (C=O) groups excluding carboxylic acids is 2. The molecule has 1 aliphatic rings. The quantitative estimate of drug-likeness (QED) is 0.647. The summed E-state index contributed by atoms with van der Waals surface area (Å²) in [5.74, 6) is -3.13. The zero-order valence-electron chi connectivity index (χ0n) is 9.93. The van der Waals surface area contributed by atoms with Crippen LogP contribution in [0.2, 0.25) is 0 Å². The molecule has 1 aliphatic heterocycles. The average Bonchev–Trinajstić information content (AvgIpc) is 2.64. The number of fused-ring (bicyclic) bond motifs is 1. The molecule has 0 radical (unpaired) electrons. The van der Waals surface area contributed by atoms with Crippen molar-refractivity contribution < 1.29 is 18.4 Å². The van der Waals surface area contributed by atoms with Crippen LogP contribution in [-0.4, -0.2) is 11.8 Å². The third kappa shape index (κ3) is 1.72. The summed E-state index contributed by atoms with van der Waals surface area (Å²) in [6, 6.07) is 7.74. The molecule has 3 rings (SSSR count). The lowest BCUT2D eigenvalue weighted by atomic mass is 10.1. The van der Waals surface area contributed by atoms with Crippen molar-refractivity contribution in [1.82, 2.24) is 0 Å². The topological polar surface area (TPSA) is 37.4 Å². The Morgan fingerprint density at radius 2 is 1.50 bits per heavy atom. The third-order valence-corrected chi connectivity index (χ3v) is 3.37. The first-order valence-corrected chi connectivity index (χ1v) is 6.11. The van der Waals surface area contributed by atoms with Crippen molar-refractivity contribution >= 4 is 30.1 Å². The molecule has 3 nitrogen and oxygen atoms in total. The first-order valence-electron chi connectivity index (χ1n) is 5.66. The van der Waals surface area contributed by atoms with Crippen LogP contribution in [-0.2, 0) is 0 Å². The number of benzene rings is 2. The Morgan fingerprint density at radius 1 is 0.950 bits per heavy atom. The van der Waals surface area contributed by atoms with Crippen molar-refractivity contribution in [2.75, 3.05) is 4.90 Å². The Labute approximate surface area is 118 Å². The molecule has 2 amide bonds. The van der Waals surface area contributed by atoms with Crippen LogP contribution in [0.4, 0.5) is 14.5 Å². The van der Waals surface area contributed by atoms with Crippen molar-refractivity contribution in [3.8, 4) is 0 Å². The van der Waals surface area contributed by atoms with Gasteiger partial charge in [-0.2, -0.15) is 0 Å². The minimum atomic E-state index is -1.01. The number of carbonyl (C=O) groups is 2. The van der Waals surface area contributed by atoms with Gasteiger partial charge in [-0.1, -0.05) is 12.1 Å². The van der Waals surface area contributed by atoms with Gasteiger partial charge in [0, 0.05) is 11.0 Å².